The molecule has 0 bridgehead atoms. The number of hydrogen-bond donors (Lipinski definition) is 1. The van der Waals surface area contributed by atoms with Crippen LogP contribution < -0.4 is 5.32 Å². The zero-order valence-electron chi connectivity index (χ0n) is 12.4. The molecule has 2 saturated heterocycles. The van der Waals surface area contributed by atoms with Gasteiger partial charge in [0.1, 0.15) is 5.54 Å². The first-order valence-corrected chi connectivity index (χ1v) is 7.19. The molecule has 112 valence electrons. The van der Waals surface area contributed by atoms with Crippen LogP contribution in [0.3, 0.4) is 0 Å². The molecular formula is C14H23N3O3. The summed E-state index contributed by atoms with van der Waals surface area (Å²) in [5, 5.41) is 2.79. The number of carbonyl (C=O) groups is 3. The predicted octanol–water partition coefficient (Wildman–Crippen LogP) is -0.0181. The third-order valence-electron chi connectivity index (χ3n) is 4.33. The minimum absolute atomic E-state index is 0.00389. The molecule has 0 spiro atoms. The van der Waals surface area contributed by atoms with E-state index in [-0.39, 0.29) is 23.6 Å². The van der Waals surface area contributed by atoms with Crippen LogP contribution in [0.15, 0.2) is 0 Å². The Morgan fingerprint density at radius 3 is 2.65 bits per heavy atom. The van der Waals surface area contributed by atoms with Crippen LogP contribution in [0.25, 0.3) is 0 Å². The summed E-state index contributed by atoms with van der Waals surface area (Å²) in [6, 6.07) is 0. The molecule has 1 N–H and O–H groups in total. The quantitative estimate of drug-likeness (QED) is 0.734. The Morgan fingerprint density at radius 1 is 1.30 bits per heavy atom. The molecule has 0 aliphatic carbocycles. The lowest BCUT2D eigenvalue weighted by molar-refractivity contribution is -0.154. The molecule has 6 nitrogen and oxygen atoms in total. The highest BCUT2D eigenvalue weighted by molar-refractivity contribution is 5.92. The first-order chi connectivity index (χ1) is 9.34. The van der Waals surface area contributed by atoms with Crippen molar-refractivity contribution in [3.8, 4) is 0 Å². The number of hydrogen-bond acceptors (Lipinski definition) is 3. The molecule has 1 unspecified atom stereocenters. The lowest BCUT2D eigenvalue weighted by Crippen LogP contribution is -2.65. The van der Waals surface area contributed by atoms with Crippen LogP contribution in [0.4, 0.5) is 0 Å². The van der Waals surface area contributed by atoms with E-state index in [1.54, 1.807) is 23.6 Å². The van der Waals surface area contributed by atoms with Crippen molar-refractivity contribution in [2.45, 2.75) is 39.2 Å². The summed E-state index contributed by atoms with van der Waals surface area (Å²) in [4.78, 5) is 39.5. The fourth-order valence-electron chi connectivity index (χ4n) is 2.97. The third-order valence-corrected chi connectivity index (χ3v) is 4.33. The van der Waals surface area contributed by atoms with Crippen molar-refractivity contribution in [3.05, 3.63) is 0 Å². The van der Waals surface area contributed by atoms with Crippen LogP contribution in [0, 0.1) is 5.92 Å². The molecule has 2 rings (SSSR count). The van der Waals surface area contributed by atoms with Crippen LogP contribution in [-0.2, 0) is 14.4 Å². The van der Waals surface area contributed by atoms with Crippen molar-refractivity contribution in [3.63, 3.8) is 0 Å². The first-order valence-electron chi connectivity index (χ1n) is 7.19. The van der Waals surface area contributed by atoms with Gasteiger partial charge in [0, 0.05) is 33.1 Å². The van der Waals surface area contributed by atoms with Gasteiger partial charge in [0.05, 0.1) is 5.92 Å². The van der Waals surface area contributed by atoms with Crippen molar-refractivity contribution in [2.24, 2.45) is 5.92 Å². The van der Waals surface area contributed by atoms with Gasteiger partial charge in [-0.15, -0.1) is 0 Å². The van der Waals surface area contributed by atoms with Gasteiger partial charge < -0.3 is 15.1 Å². The number of piperazine rings is 1. The SMILES string of the molecule is CC(=O)N1CCCC(C(=O)N2CCNC(=O)C2(C)C)C1. The first kappa shape index (κ1) is 14.8. The second-order valence-electron chi connectivity index (χ2n) is 6.11. The van der Waals surface area contributed by atoms with Gasteiger partial charge in [0.25, 0.3) is 0 Å². The van der Waals surface area contributed by atoms with E-state index >= 15 is 0 Å². The van der Waals surface area contributed by atoms with Crippen molar-refractivity contribution in [1.29, 1.82) is 0 Å². The Hall–Kier alpha value is -1.59. The van der Waals surface area contributed by atoms with E-state index in [0.717, 1.165) is 19.4 Å². The standard InChI is InChI=1S/C14H23N3O3/c1-10(18)16-7-4-5-11(9-16)12(19)17-8-6-15-13(20)14(17,2)3/h11H,4-9H2,1-3H3,(H,15,20). The summed E-state index contributed by atoms with van der Waals surface area (Å²) >= 11 is 0. The molecule has 2 aliphatic rings. The minimum Gasteiger partial charge on any atom is -0.352 e. The van der Waals surface area contributed by atoms with E-state index in [4.69, 9.17) is 0 Å². The molecule has 2 fully saturated rings. The van der Waals surface area contributed by atoms with E-state index in [9.17, 15) is 14.4 Å². The minimum atomic E-state index is -0.812. The van der Waals surface area contributed by atoms with Crippen molar-refractivity contribution < 1.29 is 14.4 Å². The van der Waals surface area contributed by atoms with Gasteiger partial charge >= 0.3 is 0 Å². The summed E-state index contributed by atoms with van der Waals surface area (Å²) in [6.07, 6.45) is 1.63. The largest absolute Gasteiger partial charge is 0.352 e. The number of rotatable bonds is 1. The molecule has 0 saturated carbocycles. The fraction of sp³-hybridized carbons (Fsp3) is 0.786. The number of nitrogens with one attached hydrogen (secondary N) is 1. The summed E-state index contributed by atoms with van der Waals surface area (Å²) in [7, 11) is 0. The highest BCUT2D eigenvalue weighted by Gasteiger charge is 2.43. The topological polar surface area (TPSA) is 69.7 Å². The van der Waals surface area contributed by atoms with E-state index in [1.807, 2.05) is 0 Å². The van der Waals surface area contributed by atoms with E-state index in [1.165, 1.54) is 6.92 Å². The van der Waals surface area contributed by atoms with Crippen LogP contribution in [-0.4, -0.2) is 59.2 Å². The number of nitrogens with zero attached hydrogens (tertiary/aromatic N) is 2. The van der Waals surface area contributed by atoms with Gasteiger partial charge in [0.2, 0.25) is 17.7 Å². The van der Waals surface area contributed by atoms with Gasteiger partial charge in [-0.05, 0) is 26.7 Å². The Kier molecular flexibility index (Phi) is 4.01. The van der Waals surface area contributed by atoms with Crippen molar-refractivity contribution in [2.75, 3.05) is 26.2 Å². The molecule has 1 atom stereocenters. The maximum absolute atomic E-state index is 12.7. The van der Waals surface area contributed by atoms with Crippen molar-refractivity contribution in [1.82, 2.24) is 15.1 Å². The van der Waals surface area contributed by atoms with Gasteiger partial charge in [-0.1, -0.05) is 0 Å². The molecule has 0 radical (unpaired) electrons. The predicted molar refractivity (Wildman–Crippen MR) is 73.8 cm³/mol. The molecule has 2 aliphatic heterocycles. The van der Waals surface area contributed by atoms with Crippen LogP contribution in [0.1, 0.15) is 33.6 Å². The Morgan fingerprint density at radius 2 is 2.00 bits per heavy atom. The molecular weight excluding hydrogens is 258 g/mol. The lowest BCUT2D eigenvalue weighted by Gasteiger charge is -2.44. The van der Waals surface area contributed by atoms with E-state index in [0.29, 0.717) is 19.6 Å². The van der Waals surface area contributed by atoms with Gasteiger partial charge in [-0.3, -0.25) is 14.4 Å². The maximum atomic E-state index is 12.7. The molecule has 0 aromatic carbocycles. The molecule has 0 aromatic rings. The number of piperidine rings is 1. The Balaban J connectivity index is 2.10. The fourth-order valence-corrected chi connectivity index (χ4v) is 2.97. The molecule has 0 aromatic heterocycles. The monoisotopic (exact) mass is 281 g/mol. The van der Waals surface area contributed by atoms with Crippen LogP contribution in [0.2, 0.25) is 0 Å². The van der Waals surface area contributed by atoms with Gasteiger partial charge in [-0.25, -0.2) is 0 Å². The summed E-state index contributed by atoms with van der Waals surface area (Å²) < 4.78 is 0. The number of likely N-dealkylation sites (tertiary alicyclic amines) is 1. The average Bonchev–Trinajstić information content (AvgIpc) is 2.41. The third kappa shape index (κ3) is 2.64. The molecule has 2 heterocycles. The zero-order chi connectivity index (χ0) is 14.9. The number of carbonyl (C=O) groups excluding carboxylic acids is 3. The Labute approximate surface area is 119 Å². The highest BCUT2D eigenvalue weighted by Crippen LogP contribution is 2.25. The zero-order valence-corrected chi connectivity index (χ0v) is 12.4. The summed E-state index contributed by atoms with van der Waals surface area (Å²) in [5.41, 5.74) is -0.812. The van der Waals surface area contributed by atoms with Crippen LogP contribution >= 0.6 is 0 Å². The summed E-state index contributed by atoms with van der Waals surface area (Å²) in [6.45, 7) is 7.30. The lowest BCUT2D eigenvalue weighted by atomic mass is 9.92. The average molecular weight is 281 g/mol. The number of amides is 3. The second-order valence-corrected chi connectivity index (χ2v) is 6.11. The summed E-state index contributed by atoms with van der Waals surface area (Å²) in [5.74, 6) is -0.289. The molecule has 6 heteroatoms. The van der Waals surface area contributed by atoms with Gasteiger partial charge in [0.15, 0.2) is 0 Å². The normalized spacial score (nSPS) is 26.1. The van der Waals surface area contributed by atoms with Crippen LogP contribution in [0.5, 0.6) is 0 Å². The maximum Gasteiger partial charge on any atom is 0.245 e. The van der Waals surface area contributed by atoms with E-state index in [2.05, 4.69) is 5.32 Å². The second kappa shape index (κ2) is 5.42. The van der Waals surface area contributed by atoms with Gasteiger partial charge in [-0.2, -0.15) is 0 Å². The smallest absolute Gasteiger partial charge is 0.245 e. The Bertz CT molecular complexity index is 433. The molecule has 20 heavy (non-hydrogen) atoms. The highest BCUT2D eigenvalue weighted by atomic mass is 16.2. The van der Waals surface area contributed by atoms with Crippen molar-refractivity contribution >= 4 is 17.7 Å². The van der Waals surface area contributed by atoms with E-state index < -0.39 is 5.54 Å². The molecule has 3 amide bonds.